The van der Waals surface area contributed by atoms with E-state index in [0.29, 0.717) is 22.6 Å². The number of carbonyl (C=O) groups excluding carboxylic acids is 1. The first-order valence-electron chi connectivity index (χ1n) is 6.68. The molecule has 0 aliphatic heterocycles. The summed E-state index contributed by atoms with van der Waals surface area (Å²) in [4.78, 5) is 22.2. The number of hydrogen-bond donors (Lipinski definition) is 1. The van der Waals surface area contributed by atoms with Gasteiger partial charge >= 0.3 is 0 Å². The Bertz CT molecular complexity index is 796. The number of nitrogens with zero attached hydrogens (tertiary/aromatic N) is 2. The van der Waals surface area contributed by atoms with Crippen LogP contribution in [0.5, 0.6) is 5.75 Å². The number of hydrogen-bond acceptors (Lipinski definition) is 5. The molecule has 1 N–H and O–H groups in total. The number of nitrogens with one attached hydrogen (secondary N) is 1. The summed E-state index contributed by atoms with van der Waals surface area (Å²) in [5.41, 5.74) is 1.07. The van der Waals surface area contributed by atoms with E-state index in [1.54, 1.807) is 43.3 Å². The average molecular weight is 311 g/mol. The van der Waals surface area contributed by atoms with Crippen LogP contribution in [0.3, 0.4) is 0 Å². The molecule has 2 aromatic carbocycles. The fraction of sp³-hybridized carbons (Fsp3) is 0.125. The van der Waals surface area contributed by atoms with Crippen molar-refractivity contribution >= 4 is 17.3 Å². The molecule has 0 bridgehead atoms. The molecule has 0 unspecified atom stereocenters. The van der Waals surface area contributed by atoms with Gasteiger partial charge in [-0.05, 0) is 25.1 Å². The van der Waals surface area contributed by atoms with Crippen molar-refractivity contribution in [2.45, 2.75) is 6.92 Å². The first kappa shape index (κ1) is 16.0. The third-order valence-corrected chi connectivity index (χ3v) is 3.06. The standard InChI is InChI=1S/C16H13N3O4/c1-11-6-7-13(8-14(11)19(21)22)18-16(20)10-23-15-5-3-2-4-12(15)9-17/h2-8H,10H2,1H3,(H,18,20). The normalized spacial score (nSPS) is 9.74. The van der Waals surface area contributed by atoms with Crippen molar-refractivity contribution in [3.63, 3.8) is 0 Å². The fourth-order valence-corrected chi connectivity index (χ4v) is 1.91. The maximum atomic E-state index is 11.9. The molecular weight excluding hydrogens is 298 g/mol. The lowest BCUT2D eigenvalue weighted by atomic mass is 10.2. The van der Waals surface area contributed by atoms with Gasteiger partial charge in [0.1, 0.15) is 11.8 Å². The third kappa shape index (κ3) is 4.04. The molecule has 2 rings (SSSR count). The van der Waals surface area contributed by atoms with Gasteiger partial charge in [0.2, 0.25) is 0 Å². The molecule has 0 aromatic heterocycles. The van der Waals surface area contributed by atoms with Crippen molar-refractivity contribution in [1.29, 1.82) is 5.26 Å². The van der Waals surface area contributed by atoms with E-state index in [1.165, 1.54) is 6.07 Å². The summed E-state index contributed by atoms with van der Waals surface area (Å²) < 4.78 is 5.30. The molecule has 0 radical (unpaired) electrons. The highest BCUT2D eigenvalue weighted by molar-refractivity contribution is 5.92. The fourth-order valence-electron chi connectivity index (χ4n) is 1.91. The van der Waals surface area contributed by atoms with Gasteiger partial charge < -0.3 is 10.1 Å². The molecule has 0 saturated heterocycles. The molecule has 7 heteroatoms. The van der Waals surface area contributed by atoms with Gasteiger partial charge in [-0.15, -0.1) is 0 Å². The molecule has 23 heavy (non-hydrogen) atoms. The number of aryl methyl sites for hydroxylation is 1. The number of carbonyl (C=O) groups is 1. The summed E-state index contributed by atoms with van der Waals surface area (Å²) >= 11 is 0. The van der Waals surface area contributed by atoms with Crippen molar-refractivity contribution in [3.8, 4) is 11.8 Å². The molecule has 0 heterocycles. The smallest absolute Gasteiger partial charge is 0.274 e. The minimum Gasteiger partial charge on any atom is -0.482 e. The summed E-state index contributed by atoms with van der Waals surface area (Å²) in [6.07, 6.45) is 0. The molecule has 1 amide bonds. The molecule has 2 aromatic rings. The Balaban J connectivity index is 2.02. The van der Waals surface area contributed by atoms with E-state index in [4.69, 9.17) is 10.00 Å². The lowest BCUT2D eigenvalue weighted by Gasteiger charge is -2.09. The number of amides is 1. The summed E-state index contributed by atoms with van der Waals surface area (Å²) in [5.74, 6) is -0.170. The van der Waals surface area contributed by atoms with Crippen LogP contribution in [-0.4, -0.2) is 17.4 Å². The number of anilines is 1. The van der Waals surface area contributed by atoms with Crippen LogP contribution in [0.25, 0.3) is 0 Å². The average Bonchev–Trinajstić information content (AvgIpc) is 2.54. The van der Waals surface area contributed by atoms with Gasteiger partial charge in [0.05, 0.1) is 10.5 Å². The van der Waals surface area contributed by atoms with Crippen LogP contribution in [0.2, 0.25) is 0 Å². The second kappa shape index (κ2) is 7.04. The number of nitro groups is 1. The lowest BCUT2D eigenvalue weighted by molar-refractivity contribution is -0.385. The van der Waals surface area contributed by atoms with Crippen LogP contribution >= 0.6 is 0 Å². The van der Waals surface area contributed by atoms with Crippen molar-refractivity contribution < 1.29 is 14.5 Å². The minimum atomic E-state index is -0.509. The Hall–Kier alpha value is -3.40. The number of rotatable bonds is 5. The van der Waals surface area contributed by atoms with E-state index in [9.17, 15) is 14.9 Å². The monoisotopic (exact) mass is 311 g/mol. The lowest BCUT2D eigenvalue weighted by Crippen LogP contribution is -2.20. The van der Waals surface area contributed by atoms with Gasteiger partial charge in [-0.2, -0.15) is 5.26 Å². The molecule has 0 aliphatic rings. The predicted octanol–water partition coefficient (Wildman–Crippen LogP) is 2.79. The number of ether oxygens (including phenoxy) is 1. The molecule has 0 fully saturated rings. The van der Waals surface area contributed by atoms with Crippen LogP contribution in [0.4, 0.5) is 11.4 Å². The third-order valence-electron chi connectivity index (χ3n) is 3.06. The number of nitriles is 1. The van der Waals surface area contributed by atoms with Crippen LogP contribution in [0.1, 0.15) is 11.1 Å². The first-order chi connectivity index (χ1) is 11.0. The van der Waals surface area contributed by atoms with E-state index < -0.39 is 10.8 Å². The van der Waals surface area contributed by atoms with Gasteiger partial charge in [-0.3, -0.25) is 14.9 Å². The van der Waals surface area contributed by atoms with Crippen LogP contribution in [0.15, 0.2) is 42.5 Å². The van der Waals surface area contributed by atoms with E-state index in [2.05, 4.69) is 5.32 Å². The van der Waals surface area contributed by atoms with Crippen molar-refractivity contribution in [3.05, 3.63) is 63.7 Å². The van der Waals surface area contributed by atoms with Crippen molar-refractivity contribution in [2.24, 2.45) is 0 Å². The topological polar surface area (TPSA) is 105 Å². The van der Waals surface area contributed by atoms with Gasteiger partial charge in [0, 0.05) is 17.3 Å². The Kier molecular flexibility index (Phi) is 4.89. The summed E-state index contributed by atoms with van der Waals surface area (Å²) in [5, 5.41) is 22.3. The quantitative estimate of drug-likeness (QED) is 0.675. The maximum Gasteiger partial charge on any atom is 0.274 e. The zero-order chi connectivity index (χ0) is 16.8. The highest BCUT2D eigenvalue weighted by Gasteiger charge is 2.13. The van der Waals surface area contributed by atoms with Crippen molar-refractivity contribution in [1.82, 2.24) is 0 Å². The summed E-state index contributed by atoms with van der Waals surface area (Å²) in [6, 6.07) is 12.9. The zero-order valence-corrected chi connectivity index (χ0v) is 12.3. The number of para-hydroxylation sites is 1. The van der Waals surface area contributed by atoms with Gasteiger partial charge in [0.25, 0.3) is 11.6 Å². The Morgan fingerprint density at radius 2 is 2.09 bits per heavy atom. The van der Waals surface area contributed by atoms with Crippen molar-refractivity contribution in [2.75, 3.05) is 11.9 Å². The molecule has 0 spiro atoms. The van der Waals surface area contributed by atoms with E-state index in [1.807, 2.05) is 6.07 Å². The zero-order valence-electron chi connectivity index (χ0n) is 12.3. The number of benzene rings is 2. The van der Waals surface area contributed by atoms with Gasteiger partial charge in [0.15, 0.2) is 6.61 Å². The highest BCUT2D eigenvalue weighted by Crippen LogP contribution is 2.22. The Morgan fingerprint density at radius 1 is 1.35 bits per heavy atom. The van der Waals surface area contributed by atoms with E-state index in [0.717, 1.165) is 0 Å². The maximum absolute atomic E-state index is 11.9. The van der Waals surface area contributed by atoms with Crippen LogP contribution in [-0.2, 0) is 4.79 Å². The second-order valence-electron chi connectivity index (χ2n) is 4.70. The molecule has 0 atom stereocenters. The van der Waals surface area contributed by atoms with Crippen LogP contribution < -0.4 is 10.1 Å². The SMILES string of the molecule is Cc1ccc(NC(=O)COc2ccccc2C#N)cc1[N+](=O)[O-]. The van der Waals surface area contributed by atoms with Gasteiger partial charge in [-0.1, -0.05) is 18.2 Å². The Morgan fingerprint density at radius 3 is 2.78 bits per heavy atom. The first-order valence-corrected chi connectivity index (χ1v) is 6.68. The summed E-state index contributed by atoms with van der Waals surface area (Å²) in [7, 11) is 0. The largest absolute Gasteiger partial charge is 0.482 e. The second-order valence-corrected chi connectivity index (χ2v) is 4.70. The van der Waals surface area contributed by atoms with Crippen LogP contribution in [0, 0.1) is 28.4 Å². The molecular formula is C16H13N3O4. The molecule has 0 saturated carbocycles. The Labute approximate surface area is 132 Å². The molecule has 116 valence electrons. The minimum absolute atomic E-state index is 0.0708. The number of nitro benzene ring substituents is 1. The van der Waals surface area contributed by atoms with E-state index >= 15 is 0 Å². The summed E-state index contributed by atoms with van der Waals surface area (Å²) in [6.45, 7) is 1.31. The van der Waals surface area contributed by atoms with E-state index in [-0.39, 0.29) is 12.3 Å². The highest BCUT2D eigenvalue weighted by atomic mass is 16.6. The molecule has 0 aliphatic carbocycles. The predicted molar refractivity (Wildman–Crippen MR) is 83.1 cm³/mol. The molecule has 7 nitrogen and oxygen atoms in total. The van der Waals surface area contributed by atoms with Gasteiger partial charge in [-0.25, -0.2) is 0 Å².